The summed E-state index contributed by atoms with van der Waals surface area (Å²) >= 11 is 0. The standard InChI is InChI=1S/C15H31N3O3/c1-5-17-13(11(4)19)15(21)18-12(8-6-7-9-16)14(20)10(2)3/h10-13,17,19H,5-9,16H2,1-4H3,(H,18,21)/t11?,12-,13-/m0/s1. The molecule has 0 aliphatic carbocycles. The summed E-state index contributed by atoms with van der Waals surface area (Å²) in [6.07, 6.45) is 1.38. The third-order valence-corrected chi connectivity index (χ3v) is 3.36. The Morgan fingerprint density at radius 3 is 2.24 bits per heavy atom. The van der Waals surface area contributed by atoms with Gasteiger partial charge in [-0.1, -0.05) is 20.8 Å². The number of aliphatic hydroxyl groups excluding tert-OH is 1. The first kappa shape index (κ1) is 20.0. The Morgan fingerprint density at radius 2 is 1.81 bits per heavy atom. The van der Waals surface area contributed by atoms with Crippen molar-refractivity contribution in [3.05, 3.63) is 0 Å². The van der Waals surface area contributed by atoms with Crippen LogP contribution in [0, 0.1) is 5.92 Å². The van der Waals surface area contributed by atoms with Crippen molar-refractivity contribution in [3.63, 3.8) is 0 Å². The van der Waals surface area contributed by atoms with Gasteiger partial charge in [0.05, 0.1) is 12.1 Å². The van der Waals surface area contributed by atoms with Crippen LogP contribution in [0.25, 0.3) is 0 Å². The average molecular weight is 301 g/mol. The maximum atomic E-state index is 12.2. The molecule has 0 bridgehead atoms. The molecule has 0 aromatic heterocycles. The molecular weight excluding hydrogens is 270 g/mol. The fourth-order valence-corrected chi connectivity index (χ4v) is 2.14. The second-order valence-electron chi connectivity index (χ2n) is 5.68. The monoisotopic (exact) mass is 301 g/mol. The van der Waals surface area contributed by atoms with E-state index in [0.717, 1.165) is 12.8 Å². The molecule has 21 heavy (non-hydrogen) atoms. The number of unbranched alkanes of at least 4 members (excludes halogenated alkanes) is 1. The summed E-state index contributed by atoms with van der Waals surface area (Å²) in [6.45, 7) is 8.20. The van der Waals surface area contributed by atoms with Gasteiger partial charge in [-0.15, -0.1) is 0 Å². The van der Waals surface area contributed by atoms with Crippen molar-refractivity contribution in [2.45, 2.75) is 65.1 Å². The van der Waals surface area contributed by atoms with Crippen LogP contribution < -0.4 is 16.4 Å². The molecule has 0 aromatic rings. The van der Waals surface area contributed by atoms with E-state index in [1.54, 1.807) is 6.92 Å². The van der Waals surface area contributed by atoms with Gasteiger partial charge in [-0.3, -0.25) is 9.59 Å². The van der Waals surface area contributed by atoms with Gasteiger partial charge in [-0.05, 0) is 39.3 Å². The number of hydrogen-bond donors (Lipinski definition) is 4. The number of ketones is 1. The number of aliphatic hydroxyl groups is 1. The lowest BCUT2D eigenvalue weighted by atomic mass is 9.96. The van der Waals surface area contributed by atoms with E-state index in [9.17, 15) is 14.7 Å². The Balaban J connectivity index is 4.76. The zero-order valence-corrected chi connectivity index (χ0v) is 13.7. The summed E-state index contributed by atoms with van der Waals surface area (Å²) in [5.74, 6) is -0.461. The molecule has 124 valence electrons. The largest absolute Gasteiger partial charge is 0.391 e. The maximum Gasteiger partial charge on any atom is 0.240 e. The first-order valence-electron chi connectivity index (χ1n) is 7.80. The van der Waals surface area contributed by atoms with Crippen molar-refractivity contribution in [3.8, 4) is 0 Å². The Kier molecular flexibility index (Phi) is 10.2. The van der Waals surface area contributed by atoms with Gasteiger partial charge >= 0.3 is 0 Å². The second kappa shape index (κ2) is 10.7. The SMILES string of the molecule is CCN[C@H](C(=O)N[C@@H](CCCCN)C(=O)C(C)C)C(C)O. The molecule has 0 radical (unpaired) electrons. The van der Waals surface area contributed by atoms with Crippen LogP contribution in [0.3, 0.4) is 0 Å². The molecule has 6 heteroatoms. The molecular formula is C15H31N3O3. The lowest BCUT2D eigenvalue weighted by Gasteiger charge is -2.25. The predicted octanol–water partition coefficient (Wildman–Crippen LogP) is 0.184. The lowest BCUT2D eigenvalue weighted by Crippen LogP contribution is -2.54. The highest BCUT2D eigenvalue weighted by atomic mass is 16.3. The van der Waals surface area contributed by atoms with Crippen molar-refractivity contribution >= 4 is 11.7 Å². The summed E-state index contributed by atoms with van der Waals surface area (Å²) in [5, 5.41) is 15.4. The van der Waals surface area contributed by atoms with Crippen molar-refractivity contribution in [2.75, 3.05) is 13.1 Å². The van der Waals surface area contributed by atoms with E-state index < -0.39 is 18.2 Å². The number of nitrogens with one attached hydrogen (secondary N) is 2. The molecule has 1 amide bonds. The first-order valence-corrected chi connectivity index (χ1v) is 7.80. The van der Waals surface area contributed by atoms with Crippen molar-refractivity contribution in [1.82, 2.24) is 10.6 Å². The molecule has 6 nitrogen and oxygen atoms in total. The Labute approximate surface area is 127 Å². The van der Waals surface area contributed by atoms with E-state index in [1.165, 1.54) is 0 Å². The smallest absolute Gasteiger partial charge is 0.240 e. The number of carbonyl (C=O) groups excluding carboxylic acids is 2. The summed E-state index contributed by atoms with van der Waals surface area (Å²) in [6, 6.07) is -1.21. The van der Waals surface area contributed by atoms with Crippen LogP contribution in [0.15, 0.2) is 0 Å². The van der Waals surface area contributed by atoms with Gasteiger partial charge in [0.25, 0.3) is 0 Å². The summed E-state index contributed by atoms with van der Waals surface area (Å²) in [7, 11) is 0. The summed E-state index contributed by atoms with van der Waals surface area (Å²) in [4.78, 5) is 24.4. The van der Waals surface area contributed by atoms with E-state index in [-0.39, 0.29) is 17.6 Å². The normalized spacial score (nSPS) is 15.6. The van der Waals surface area contributed by atoms with E-state index in [4.69, 9.17) is 5.73 Å². The van der Waals surface area contributed by atoms with Crippen LogP contribution in [-0.4, -0.2) is 48.1 Å². The van der Waals surface area contributed by atoms with Crippen molar-refractivity contribution in [1.29, 1.82) is 0 Å². The van der Waals surface area contributed by atoms with Gasteiger partial charge in [0.2, 0.25) is 5.91 Å². The number of nitrogens with two attached hydrogens (primary N) is 1. The molecule has 1 unspecified atom stereocenters. The molecule has 0 aliphatic rings. The second-order valence-corrected chi connectivity index (χ2v) is 5.68. The first-order chi connectivity index (χ1) is 9.84. The Hall–Kier alpha value is -0.980. The molecule has 0 rings (SSSR count). The minimum absolute atomic E-state index is 0.0150. The van der Waals surface area contributed by atoms with Crippen molar-refractivity contribution in [2.24, 2.45) is 11.7 Å². The molecule has 0 saturated carbocycles. The lowest BCUT2D eigenvalue weighted by molar-refractivity contribution is -0.132. The van der Waals surface area contributed by atoms with Gasteiger partial charge in [-0.25, -0.2) is 0 Å². The highest BCUT2D eigenvalue weighted by Gasteiger charge is 2.28. The topological polar surface area (TPSA) is 104 Å². The van der Waals surface area contributed by atoms with Crippen LogP contribution in [0.2, 0.25) is 0 Å². The number of Topliss-reactive ketones (excluding diaryl/α,β-unsaturated/α-hetero) is 1. The molecule has 5 N–H and O–H groups in total. The van der Waals surface area contributed by atoms with Crippen LogP contribution in [0.4, 0.5) is 0 Å². The number of amides is 1. The third kappa shape index (κ3) is 7.55. The van der Waals surface area contributed by atoms with Crippen molar-refractivity contribution < 1.29 is 14.7 Å². The van der Waals surface area contributed by atoms with Gasteiger partial charge in [0, 0.05) is 5.92 Å². The van der Waals surface area contributed by atoms with E-state index in [1.807, 2.05) is 20.8 Å². The van der Waals surface area contributed by atoms with Gasteiger partial charge in [0.1, 0.15) is 6.04 Å². The predicted molar refractivity (Wildman–Crippen MR) is 83.8 cm³/mol. The molecule has 0 heterocycles. The molecule has 0 spiro atoms. The minimum atomic E-state index is -0.816. The molecule has 0 fully saturated rings. The fourth-order valence-electron chi connectivity index (χ4n) is 2.14. The van der Waals surface area contributed by atoms with Crippen LogP contribution >= 0.6 is 0 Å². The Morgan fingerprint density at radius 1 is 1.19 bits per heavy atom. The van der Waals surface area contributed by atoms with E-state index in [0.29, 0.717) is 19.5 Å². The molecule has 0 aromatic carbocycles. The van der Waals surface area contributed by atoms with Crippen LogP contribution in [0.1, 0.15) is 47.0 Å². The fraction of sp³-hybridized carbons (Fsp3) is 0.867. The summed E-state index contributed by atoms with van der Waals surface area (Å²) in [5.41, 5.74) is 5.46. The number of hydrogen-bond acceptors (Lipinski definition) is 5. The highest BCUT2D eigenvalue weighted by Crippen LogP contribution is 2.08. The molecule has 3 atom stereocenters. The zero-order valence-electron chi connectivity index (χ0n) is 13.7. The number of rotatable bonds is 11. The minimum Gasteiger partial charge on any atom is -0.391 e. The number of likely N-dealkylation sites (N-methyl/N-ethyl adjacent to an activating group) is 1. The highest BCUT2D eigenvalue weighted by molar-refractivity contribution is 5.92. The quantitative estimate of drug-likeness (QED) is 0.408. The van der Waals surface area contributed by atoms with E-state index >= 15 is 0 Å². The van der Waals surface area contributed by atoms with Crippen LogP contribution in [-0.2, 0) is 9.59 Å². The van der Waals surface area contributed by atoms with Gasteiger partial charge in [-0.2, -0.15) is 0 Å². The maximum absolute atomic E-state index is 12.2. The molecule has 0 saturated heterocycles. The van der Waals surface area contributed by atoms with E-state index in [2.05, 4.69) is 10.6 Å². The number of carbonyl (C=O) groups is 2. The molecule has 0 aliphatic heterocycles. The van der Waals surface area contributed by atoms with Gasteiger partial charge in [0.15, 0.2) is 5.78 Å². The Bertz CT molecular complexity index is 319. The zero-order chi connectivity index (χ0) is 16.4. The summed E-state index contributed by atoms with van der Waals surface area (Å²) < 4.78 is 0. The third-order valence-electron chi connectivity index (χ3n) is 3.36. The van der Waals surface area contributed by atoms with Crippen LogP contribution in [0.5, 0.6) is 0 Å². The van der Waals surface area contributed by atoms with Gasteiger partial charge < -0.3 is 21.5 Å². The average Bonchev–Trinajstić information content (AvgIpc) is 2.42.